The second-order valence-electron chi connectivity index (χ2n) is 7.08. The zero-order chi connectivity index (χ0) is 14.1. The lowest BCUT2D eigenvalue weighted by Crippen LogP contribution is -2.40. The molecule has 1 unspecified atom stereocenters. The van der Waals surface area contributed by atoms with Crippen LogP contribution >= 0.6 is 0 Å². The zero-order valence-electron chi connectivity index (χ0n) is 13.0. The number of carbonyl (C=O) groups excluding carboxylic acids is 1. The molecule has 1 saturated heterocycles. The van der Waals surface area contributed by atoms with Gasteiger partial charge in [0.1, 0.15) is 5.60 Å². The molecular weight excluding hydrogens is 226 g/mol. The fourth-order valence-corrected chi connectivity index (χ4v) is 2.70. The van der Waals surface area contributed by atoms with Crippen LogP contribution in [0.15, 0.2) is 0 Å². The molecule has 1 atom stereocenters. The van der Waals surface area contributed by atoms with Crippen LogP contribution in [0.5, 0.6) is 0 Å². The standard InChI is InChI=1S/C15H29NO2/c1-11(2)8-9-16(7)10-12-13(17)15(5,6)18-14(12,3)4/h11-12H,8-10H2,1-7H3. The highest BCUT2D eigenvalue weighted by molar-refractivity contribution is 5.91. The predicted octanol–water partition coefficient (Wildman–Crippen LogP) is 2.74. The van der Waals surface area contributed by atoms with Crippen LogP contribution in [0.2, 0.25) is 0 Å². The molecule has 1 rings (SSSR count). The molecule has 1 fully saturated rings. The van der Waals surface area contributed by atoms with Crippen LogP contribution in [0.1, 0.15) is 48.0 Å². The van der Waals surface area contributed by atoms with E-state index in [0.717, 1.165) is 13.1 Å². The molecule has 0 aliphatic carbocycles. The first-order chi connectivity index (χ1) is 8.06. The van der Waals surface area contributed by atoms with E-state index in [2.05, 4.69) is 25.8 Å². The van der Waals surface area contributed by atoms with Gasteiger partial charge >= 0.3 is 0 Å². The van der Waals surface area contributed by atoms with E-state index in [1.54, 1.807) is 0 Å². The minimum absolute atomic E-state index is 0.0235. The van der Waals surface area contributed by atoms with E-state index in [0.29, 0.717) is 5.92 Å². The average Bonchev–Trinajstić information content (AvgIpc) is 2.33. The summed E-state index contributed by atoms with van der Waals surface area (Å²) in [5.74, 6) is 0.918. The van der Waals surface area contributed by atoms with Crippen LogP contribution < -0.4 is 0 Å². The third-order valence-electron chi connectivity index (χ3n) is 3.85. The Morgan fingerprint density at radius 2 is 1.83 bits per heavy atom. The number of ether oxygens (including phenoxy) is 1. The molecule has 0 radical (unpaired) electrons. The Morgan fingerprint density at radius 1 is 1.28 bits per heavy atom. The summed E-state index contributed by atoms with van der Waals surface area (Å²) in [6.07, 6.45) is 1.17. The quantitative estimate of drug-likeness (QED) is 0.756. The Bertz CT molecular complexity index is 308. The molecule has 3 nitrogen and oxygen atoms in total. The summed E-state index contributed by atoms with van der Waals surface area (Å²) in [7, 11) is 2.09. The molecule has 0 aromatic rings. The van der Waals surface area contributed by atoms with Gasteiger partial charge in [-0.2, -0.15) is 0 Å². The Hall–Kier alpha value is -0.410. The normalized spacial score (nSPS) is 26.3. The Labute approximate surface area is 112 Å². The molecule has 1 aliphatic rings. The fourth-order valence-electron chi connectivity index (χ4n) is 2.70. The Balaban J connectivity index is 2.63. The predicted molar refractivity (Wildman–Crippen MR) is 74.7 cm³/mol. The summed E-state index contributed by atoms with van der Waals surface area (Å²) in [5, 5.41) is 0. The molecule has 0 amide bonds. The number of nitrogens with zero attached hydrogens (tertiary/aromatic N) is 1. The Kier molecular flexibility index (Phi) is 4.60. The molecule has 106 valence electrons. The topological polar surface area (TPSA) is 29.5 Å². The summed E-state index contributed by atoms with van der Waals surface area (Å²) >= 11 is 0. The molecule has 1 heterocycles. The minimum Gasteiger partial charge on any atom is -0.361 e. The molecule has 0 saturated carbocycles. The maximum Gasteiger partial charge on any atom is 0.171 e. The van der Waals surface area contributed by atoms with Gasteiger partial charge in [-0.3, -0.25) is 4.79 Å². The SMILES string of the molecule is CC(C)CCN(C)CC1C(=O)C(C)(C)OC1(C)C. The summed E-state index contributed by atoms with van der Waals surface area (Å²) in [4.78, 5) is 14.6. The van der Waals surface area contributed by atoms with Crippen LogP contribution in [0.4, 0.5) is 0 Å². The molecular formula is C15H29NO2. The fraction of sp³-hybridized carbons (Fsp3) is 0.933. The van der Waals surface area contributed by atoms with Gasteiger partial charge < -0.3 is 9.64 Å². The maximum atomic E-state index is 12.4. The summed E-state index contributed by atoms with van der Waals surface area (Å²) in [6.45, 7) is 14.1. The van der Waals surface area contributed by atoms with Crippen LogP contribution in [-0.2, 0) is 9.53 Å². The van der Waals surface area contributed by atoms with Crippen molar-refractivity contribution in [1.29, 1.82) is 0 Å². The average molecular weight is 255 g/mol. The van der Waals surface area contributed by atoms with Gasteiger partial charge in [0.15, 0.2) is 5.78 Å². The van der Waals surface area contributed by atoms with E-state index in [1.807, 2.05) is 27.7 Å². The van der Waals surface area contributed by atoms with Crippen molar-refractivity contribution in [3.63, 3.8) is 0 Å². The first-order valence-electron chi connectivity index (χ1n) is 6.99. The van der Waals surface area contributed by atoms with E-state index in [4.69, 9.17) is 4.74 Å². The van der Waals surface area contributed by atoms with Crippen molar-refractivity contribution in [2.45, 2.75) is 59.2 Å². The first kappa shape index (κ1) is 15.6. The van der Waals surface area contributed by atoms with Crippen LogP contribution in [0.3, 0.4) is 0 Å². The lowest BCUT2D eigenvalue weighted by molar-refractivity contribution is -0.132. The highest BCUT2D eigenvalue weighted by Gasteiger charge is 2.53. The number of rotatable bonds is 5. The highest BCUT2D eigenvalue weighted by Crippen LogP contribution is 2.39. The number of ketones is 1. The van der Waals surface area contributed by atoms with E-state index in [-0.39, 0.29) is 17.3 Å². The van der Waals surface area contributed by atoms with Gasteiger partial charge in [0.05, 0.1) is 11.5 Å². The monoisotopic (exact) mass is 255 g/mol. The van der Waals surface area contributed by atoms with Gasteiger partial charge in [0.2, 0.25) is 0 Å². The third kappa shape index (κ3) is 3.55. The number of hydrogen-bond donors (Lipinski definition) is 0. The van der Waals surface area contributed by atoms with Gasteiger partial charge in [-0.15, -0.1) is 0 Å². The van der Waals surface area contributed by atoms with E-state index < -0.39 is 5.60 Å². The second-order valence-corrected chi connectivity index (χ2v) is 7.08. The largest absolute Gasteiger partial charge is 0.361 e. The molecule has 0 aromatic carbocycles. The molecule has 0 spiro atoms. The maximum absolute atomic E-state index is 12.4. The molecule has 1 aliphatic heterocycles. The summed E-state index contributed by atoms with van der Waals surface area (Å²) in [6, 6.07) is 0. The molecule has 18 heavy (non-hydrogen) atoms. The van der Waals surface area contributed by atoms with Crippen molar-refractivity contribution >= 4 is 5.78 Å². The van der Waals surface area contributed by atoms with E-state index in [1.165, 1.54) is 6.42 Å². The van der Waals surface area contributed by atoms with Crippen molar-refractivity contribution < 1.29 is 9.53 Å². The van der Waals surface area contributed by atoms with E-state index in [9.17, 15) is 4.79 Å². The van der Waals surface area contributed by atoms with Crippen molar-refractivity contribution in [3.8, 4) is 0 Å². The third-order valence-corrected chi connectivity index (χ3v) is 3.85. The van der Waals surface area contributed by atoms with Gasteiger partial charge in [0.25, 0.3) is 0 Å². The minimum atomic E-state index is -0.632. The van der Waals surface area contributed by atoms with E-state index >= 15 is 0 Å². The lowest BCUT2D eigenvalue weighted by Gasteiger charge is -2.29. The number of hydrogen-bond acceptors (Lipinski definition) is 3. The van der Waals surface area contributed by atoms with Crippen molar-refractivity contribution in [2.75, 3.05) is 20.1 Å². The molecule has 0 aromatic heterocycles. The van der Waals surface area contributed by atoms with Crippen LogP contribution in [-0.4, -0.2) is 42.0 Å². The first-order valence-corrected chi connectivity index (χ1v) is 6.99. The number of Topliss-reactive ketones (excluding diaryl/α,β-unsaturated/α-hetero) is 1. The van der Waals surface area contributed by atoms with Crippen LogP contribution in [0.25, 0.3) is 0 Å². The highest BCUT2D eigenvalue weighted by atomic mass is 16.5. The van der Waals surface area contributed by atoms with Gasteiger partial charge in [-0.05, 0) is 53.6 Å². The van der Waals surface area contributed by atoms with Crippen molar-refractivity contribution in [3.05, 3.63) is 0 Å². The van der Waals surface area contributed by atoms with Crippen molar-refractivity contribution in [1.82, 2.24) is 4.90 Å². The molecule has 0 bridgehead atoms. The molecule has 0 N–H and O–H groups in total. The van der Waals surface area contributed by atoms with Gasteiger partial charge in [-0.1, -0.05) is 13.8 Å². The number of carbonyl (C=O) groups is 1. The van der Waals surface area contributed by atoms with Gasteiger partial charge in [0, 0.05) is 6.54 Å². The van der Waals surface area contributed by atoms with Gasteiger partial charge in [-0.25, -0.2) is 0 Å². The summed E-state index contributed by atoms with van der Waals surface area (Å²) < 4.78 is 5.91. The lowest BCUT2D eigenvalue weighted by atomic mass is 9.85. The van der Waals surface area contributed by atoms with Crippen molar-refractivity contribution in [2.24, 2.45) is 11.8 Å². The smallest absolute Gasteiger partial charge is 0.171 e. The Morgan fingerprint density at radius 3 is 2.22 bits per heavy atom. The summed E-state index contributed by atoms with van der Waals surface area (Å²) in [5.41, 5.74) is -0.986. The zero-order valence-corrected chi connectivity index (χ0v) is 13.0. The van der Waals surface area contributed by atoms with Crippen LogP contribution in [0, 0.1) is 11.8 Å². The molecule has 3 heteroatoms. The second kappa shape index (κ2) is 5.30.